The predicted molar refractivity (Wildman–Crippen MR) is 136 cm³/mol. The highest BCUT2D eigenvalue weighted by Crippen LogP contribution is 2.52. The lowest BCUT2D eigenvalue weighted by Gasteiger charge is -2.39. The summed E-state index contributed by atoms with van der Waals surface area (Å²) in [4.78, 5) is 4.85. The third kappa shape index (κ3) is 4.58. The molecule has 1 fully saturated rings. The van der Waals surface area contributed by atoms with Crippen molar-refractivity contribution >= 4 is 21.5 Å². The summed E-state index contributed by atoms with van der Waals surface area (Å²) in [6.45, 7) is 14.1. The summed E-state index contributed by atoms with van der Waals surface area (Å²) in [5.41, 5.74) is 6.44. The summed E-state index contributed by atoms with van der Waals surface area (Å²) >= 11 is 0. The van der Waals surface area contributed by atoms with Crippen LogP contribution in [0, 0.1) is 20.8 Å². The van der Waals surface area contributed by atoms with Crippen molar-refractivity contribution in [3.63, 3.8) is 0 Å². The molecule has 2 aliphatic rings. The first-order chi connectivity index (χ1) is 15.9. The SMILES string of the molecule is COc1ccc(N2CCN(c3c(C)c(C)c4c(c3C)C(COS(C)(=O)=O)C(C)(C)O4)CC2)cc1. The number of nitrogens with zero attached hydrogens (tertiary/aromatic N) is 2. The average molecular weight is 489 g/mol. The normalized spacial score (nSPS) is 19.7. The average Bonchev–Trinajstić information content (AvgIpc) is 3.07. The number of methoxy groups -OCH3 is 1. The predicted octanol–water partition coefficient (Wildman–Crippen LogP) is 4.18. The zero-order chi connectivity index (χ0) is 24.8. The van der Waals surface area contributed by atoms with Crippen molar-refractivity contribution < 1.29 is 22.1 Å². The Morgan fingerprint density at radius 1 is 0.971 bits per heavy atom. The molecule has 2 aromatic rings. The van der Waals surface area contributed by atoms with Gasteiger partial charge in [-0.3, -0.25) is 4.18 Å². The van der Waals surface area contributed by atoms with Gasteiger partial charge in [-0.25, -0.2) is 0 Å². The second kappa shape index (κ2) is 8.96. The van der Waals surface area contributed by atoms with Crippen LogP contribution in [0.15, 0.2) is 24.3 Å². The van der Waals surface area contributed by atoms with Crippen molar-refractivity contribution in [1.82, 2.24) is 0 Å². The number of anilines is 2. The van der Waals surface area contributed by atoms with Gasteiger partial charge in [0.25, 0.3) is 10.1 Å². The second-order valence-corrected chi connectivity index (χ2v) is 11.5. The van der Waals surface area contributed by atoms with Gasteiger partial charge in [-0.1, -0.05) is 0 Å². The fourth-order valence-electron chi connectivity index (χ4n) is 5.29. The number of fused-ring (bicyclic) bond motifs is 1. The van der Waals surface area contributed by atoms with Gasteiger partial charge in [0.1, 0.15) is 17.1 Å². The molecule has 0 saturated carbocycles. The minimum atomic E-state index is -3.54. The minimum Gasteiger partial charge on any atom is -0.497 e. The molecule has 2 aliphatic heterocycles. The zero-order valence-electron chi connectivity index (χ0n) is 21.3. The summed E-state index contributed by atoms with van der Waals surface area (Å²) < 4.78 is 40.4. The molecule has 0 radical (unpaired) electrons. The number of rotatable bonds is 6. The van der Waals surface area contributed by atoms with Crippen LogP contribution in [-0.2, 0) is 14.3 Å². The lowest BCUT2D eigenvalue weighted by atomic mass is 9.83. The van der Waals surface area contributed by atoms with Crippen molar-refractivity contribution in [3.05, 3.63) is 46.5 Å². The lowest BCUT2D eigenvalue weighted by molar-refractivity contribution is 0.0879. The third-order valence-electron chi connectivity index (χ3n) is 7.30. The smallest absolute Gasteiger partial charge is 0.264 e. The van der Waals surface area contributed by atoms with Crippen LogP contribution in [0.5, 0.6) is 11.5 Å². The van der Waals surface area contributed by atoms with E-state index in [1.807, 2.05) is 26.0 Å². The first kappa shape index (κ1) is 24.7. The standard InChI is InChI=1S/C26H36N2O5S/c1-17-18(2)25-23(22(26(4,5)33-25)16-32-34(7,29)30)19(3)24(17)28-14-12-27(13-15-28)20-8-10-21(31-6)11-9-20/h8-11,22H,12-16H2,1-7H3. The van der Waals surface area contributed by atoms with Crippen LogP contribution in [0.4, 0.5) is 11.4 Å². The van der Waals surface area contributed by atoms with Crippen molar-refractivity contribution in [2.75, 3.05) is 56.0 Å². The van der Waals surface area contributed by atoms with E-state index >= 15 is 0 Å². The van der Waals surface area contributed by atoms with E-state index in [2.05, 4.69) is 42.7 Å². The Bertz CT molecular complexity index is 1170. The molecule has 0 aromatic heterocycles. The van der Waals surface area contributed by atoms with Crippen LogP contribution in [-0.4, -0.2) is 60.2 Å². The quantitative estimate of drug-likeness (QED) is 0.565. The summed E-state index contributed by atoms with van der Waals surface area (Å²) in [6, 6.07) is 8.22. The fourth-order valence-corrected chi connectivity index (χ4v) is 5.68. The fraction of sp³-hybridized carbons (Fsp3) is 0.538. The molecule has 8 heteroatoms. The molecule has 34 heavy (non-hydrogen) atoms. The van der Waals surface area contributed by atoms with Gasteiger partial charge < -0.3 is 19.3 Å². The second-order valence-electron chi connectivity index (χ2n) is 9.89. The van der Waals surface area contributed by atoms with Crippen molar-refractivity contribution in [2.24, 2.45) is 0 Å². The van der Waals surface area contributed by atoms with Crippen molar-refractivity contribution in [2.45, 2.75) is 46.1 Å². The molecule has 0 N–H and O–H groups in total. The number of hydrogen-bond donors (Lipinski definition) is 0. The molecule has 1 atom stereocenters. The van der Waals surface area contributed by atoms with Gasteiger partial charge in [-0.05, 0) is 75.6 Å². The highest BCUT2D eigenvalue weighted by Gasteiger charge is 2.45. The van der Waals surface area contributed by atoms with Gasteiger partial charge >= 0.3 is 0 Å². The maximum atomic E-state index is 11.7. The largest absolute Gasteiger partial charge is 0.497 e. The highest BCUT2D eigenvalue weighted by molar-refractivity contribution is 7.85. The number of hydrogen-bond acceptors (Lipinski definition) is 7. The Morgan fingerprint density at radius 3 is 2.12 bits per heavy atom. The molecule has 2 aromatic carbocycles. The zero-order valence-corrected chi connectivity index (χ0v) is 22.1. The van der Waals surface area contributed by atoms with Crippen LogP contribution in [0.2, 0.25) is 0 Å². The Kier molecular flexibility index (Phi) is 6.50. The number of ether oxygens (including phenoxy) is 2. The molecule has 0 spiro atoms. The molecule has 7 nitrogen and oxygen atoms in total. The first-order valence-electron chi connectivity index (χ1n) is 11.7. The van der Waals surface area contributed by atoms with E-state index < -0.39 is 15.7 Å². The van der Waals surface area contributed by atoms with Gasteiger partial charge in [-0.15, -0.1) is 0 Å². The van der Waals surface area contributed by atoms with Crippen LogP contribution < -0.4 is 19.3 Å². The molecule has 0 bridgehead atoms. The van der Waals surface area contributed by atoms with E-state index in [1.54, 1.807) is 7.11 Å². The van der Waals surface area contributed by atoms with E-state index in [-0.39, 0.29) is 12.5 Å². The monoisotopic (exact) mass is 488 g/mol. The summed E-state index contributed by atoms with van der Waals surface area (Å²) in [7, 11) is -1.86. The highest BCUT2D eigenvalue weighted by atomic mass is 32.2. The molecule has 0 aliphatic carbocycles. The van der Waals surface area contributed by atoms with E-state index in [0.29, 0.717) is 0 Å². The molecular formula is C26H36N2O5S. The van der Waals surface area contributed by atoms with Gasteiger partial charge in [0.2, 0.25) is 0 Å². The maximum Gasteiger partial charge on any atom is 0.264 e. The Balaban J connectivity index is 1.62. The van der Waals surface area contributed by atoms with E-state index in [9.17, 15) is 8.42 Å². The molecular weight excluding hydrogens is 452 g/mol. The van der Waals surface area contributed by atoms with Crippen LogP contribution in [0.25, 0.3) is 0 Å². The van der Waals surface area contributed by atoms with E-state index in [4.69, 9.17) is 13.7 Å². The Labute approximate surface area is 203 Å². The van der Waals surface area contributed by atoms with E-state index in [0.717, 1.165) is 60.6 Å². The van der Waals surface area contributed by atoms with Gasteiger partial charge in [0.15, 0.2) is 0 Å². The van der Waals surface area contributed by atoms with Crippen LogP contribution in [0.1, 0.15) is 42.0 Å². The van der Waals surface area contributed by atoms with Crippen molar-refractivity contribution in [3.8, 4) is 11.5 Å². The number of piperazine rings is 1. The Hall–Kier alpha value is -2.45. The van der Waals surface area contributed by atoms with Gasteiger partial charge in [-0.2, -0.15) is 8.42 Å². The minimum absolute atomic E-state index is 0.0763. The third-order valence-corrected chi connectivity index (χ3v) is 7.86. The lowest BCUT2D eigenvalue weighted by Crippen LogP contribution is -2.47. The van der Waals surface area contributed by atoms with Crippen LogP contribution >= 0.6 is 0 Å². The van der Waals surface area contributed by atoms with Gasteiger partial charge in [0.05, 0.1) is 25.9 Å². The molecule has 1 unspecified atom stereocenters. The molecule has 1 saturated heterocycles. The Morgan fingerprint density at radius 2 is 1.56 bits per heavy atom. The molecule has 0 amide bonds. The summed E-state index contributed by atoms with van der Waals surface area (Å²) in [5, 5.41) is 0. The molecule has 2 heterocycles. The maximum absolute atomic E-state index is 11.7. The molecule has 4 rings (SSSR count). The molecule has 186 valence electrons. The number of benzene rings is 2. The topological polar surface area (TPSA) is 68.3 Å². The first-order valence-corrected chi connectivity index (χ1v) is 13.6. The van der Waals surface area contributed by atoms with Crippen molar-refractivity contribution in [1.29, 1.82) is 0 Å². The summed E-state index contributed by atoms with van der Waals surface area (Å²) in [5.74, 6) is 1.57. The van der Waals surface area contributed by atoms with E-state index in [1.165, 1.54) is 16.9 Å². The summed E-state index contributed by atoms with van der Waals surface area (Å²) in [6.07, 6.45) is 1.09. The van der Waals surface area contributed by atoms with Gasteiger partial charge in [0, 0.05) is 43.1 Å². The van der Waals surface area contributed by atoms with Crippen LogP contribution in [0.3, 0.4) is 0 Å².